The second-order valence-electron chi connectivity index (χ2n) is 4.71. The van der Waals surface area contributed by atoms with E-state index in [1.807, 2.05) is 4.90 Å². The molecule has 1 saturated heterocycles. The highest BCUT2D eigenvalue weighted by Crippen LogP contribution is 2.13. The number of rotatable bonds is 5. The van der Waals surface area contributed by atoms with Gasteiger partial charge < -0.3 is 10.2 Å². The largest absolute Gasteiger partial charge is 0.341 e. The number of nitrogens with zero attached hydrogens (tertiary/aromatic N) is 1. The van der Waals surface area contributed by atoms with Gasteiger partial charge in [-0.05, 0) is 25.3 Å². The van der Waals surface area contributed by atoms with Crippen LogP contribution in [0.2, 0.25) is 0 Å². The normalized spacial score (nSPS) is 19.7. The minimum Gasteiger partial charge on any atom is -0.341 e. The van der Waals surface area contributed by atoms with E-state index in [-0.39, 0.29) is 0 Å². The Morgan fingerprint density at radius 1 is 1.40 bits per heavy atom. The molecule has 15 heavy (non-hydrogen) atoms. The maximum Gasteiger partial charge on any atom is 0.222 e. The highest BCUT2D eigenvalue weighted by molar-refractivity contribution is 5.76. The first-order valence-corrected chi connectivity index (χ1v) is 6.16. The molecule has 1 rings (SSSR count). The van der Waals surface area contributed by atoms with Crippen molar-refractivity contribution in [3.05, 3.63) is 0 Å². The molecule has 3 nitrogen and oxygen atoms in total. The van der Waals surface area contributed by atoms with Crippen molar-refractivity contribution in [3.63, 3.8) is 0 Å². The van der Waals surface area contributed by atoms with Crippen LogP contribution in [-0.4, -0.2) is 36.5 Å². The van der Waals surface area contributed by atoms with Gasteiger partial charge in [0.05, 0.1) is 0 Å². The van der Waals surface area contributed by atoms with Crippen LogP contribution in [0.25, 0.3) is 0 Å². The van der Waals surface area contributed by atoms with Crippen molar-refractivity contribution < 1.29 is 4.79 Å². The zero-order valence-corrected chi connectivity index (χ0v) is 10.3. The fourth-order valence-electron chi connectivity index (χ4n) is 2.07. The average molecular weight is 212 g/mol. The summed E-state index contributed by atoms with van der Waals surface area (Å²) in [6, 6.07) is 0.442. The molecule has 0 radical (unpaired) electrons. The summed E-state index contributed by atoms with van der Waals surface area (Å²) in [5.74, 6) is 0.921. The lowest BCUT2D eigenvalue weighted by molar-refractivity contribution is -0.133. The Kier molecular flexibility index (Phi) is 5.09. The fourth-order valence-corrected chi connectivity index (χ4v) is 2.07. The molecular weight excluding hydrogens is 188 g/mol. The van der Waals surface area contributed by atoms with Gasteiger partial charge >= 0.3 is 0 Å². The molecule has 1 atom stereocenters. The van der Waals surface area contributed by atoms with E-state index in [9.17, 15) is 4.79 Å². The molecule has 88 valence electrons. The zero-order chi connectivity index (χ0) is 11.3. The van der Waals surface area contributed by atoms with Gasteiger partial charge in [0.15, 0.2) is 0 Å². The number of carbonyl (C=O) groups is 1. The number of amides is 1. The lowest BCUT2D eigenvalue weighted by Gasteiger charge is -2.32. The topological polar surface area (TPSA) is 32.3 Å². The number of piperidine rings is 1. The second-order valence-corrected chi connectivity index (χ2v) is 4.71. The van der Waals surface area contributed by atoms with E-state index in [1.54, 1.807) is 0 Å². The highest BCUT2D eigenvalue weighted by Gasteiger charge is 2.22. The molecule has 0 aliphatic carbocycles. The molecule has 0 spiro atoms. The van der Waals surface area contributed by atoms with Crippen LogP contribution in [0.15, 0.2) is 0 Å². The van der Waals surface area contributed by atoms with Gasteiger partial charge in [0.25, 0.3) is 0 Å². The van der Waals surface area contributed by atoms with Crippen molar-refractivity contribution in [3.8, 4) is 0 Å². The third-order valence-electron chi connectivity index (χ3n) is 3.11. The third kappa shape index (κ3) is 3.82. The van der Waals surface area contributed by atoms with Crippen LogP contribution in [0.3, 0.4) is 0 Å². The molecule has 1 N–H and O–H groups in total. The Hall–Kier alpha value is -0.570. The van der Waals surface area contributed by atoms with Gasteiger partial charge in [0.1, 0.15) is 0 Å². The van der Waals surface area contributed by atoms with Crippen LogP contribution in [-0.2, 0) is 4.79 Å². The van der Waals surface area contributed by atoms with Crippen LogP contribution in [0, 0.1) is 5.92 Å². The van der Waals surface area contributed by atoms with Gasteiger partial charge in [-0.25, -0.2) is 0 Å². The van der Waals surface area contributed by atoms with E-state index in [0.29, 0.717) is 17.9 Å². The summed E-state index contributed by atoms with van der Waals surface area (Å²) in [7, 11) is 0. The van der Waals surface area contributed by atoms with Crippen molar-refractivity contribution in [2.24, 2.45) is 5.92 Å². The van der Waals surface area contributed by atoms with Gasteiger partial charge in [-0.1, -0.05) is 20.8 Å². The predicted molar refractivity (Wildman–Crippen MR) is 62.7 cm³/mol. The van der Waals surface area contributed by atoms with Crippen LogP contribution < -0.4 is 5.32 Å². The summed E-state index contributed by atoms with van der Waals surface area (Å²) in [6.45, 7) is 9.35. The first-order chi connectivity index (χ1) is 7.15. The Balaban J connectivity index is 2.45. The summed E-state index contributed by atoms with van der Waals surface area (Å²) in [5.41, 5.74) is 0. The van der Waals surface area contributed by atoms with E-state index in [0.717, 1.165) is 32.5 Å². The lowest BCUT2D eigenvalue weighted by Crippen LogP contribution is -2.47. The molecular formula is C12H24N2O. The number of carbonyl (C=O) groups excluding carboxylic acids is 1. The van der Waals surface area contributed by atoms with Crippen molar-refractivity contribution >= 4 is 5.91 Å². The lowest BCUT2D eigenvalue weighted by atomic mass is 10.0. The van der Waals surface area contributed by atoms with Gasteiger partial charge in [0, 0.05) is 25.6 Å². The van der Waals surface area contributed by atoms with Gasteiger partial charge in [0.2, 0.25) is 5.91 Å². The SMILES string of the molecule is CCNC(CN1CCCCC1=O)C(C)C. The number of likely N-dealkylation sites (tertiary alicyclic amines) is 1. The van der Waals surface area contributed by atoms with Crippen molar-refractivity contribution in [1.29, 1.82) is 0 Å². The van der Waals surface area contributed by atoms with Gasteiger partial charge in [-0.3, -0.25) is 4.79 Å². The Morgan fingerprint density at radius 3 is 2.67 bits per heavy atom. The predicted octanol–water partition coefficient (Wildman–Crippen LogP) is 1.63. The molecule has 1 heterocycles. The summed E-state index contributed by atoms with van der Waals surface area (Å²) in [6.07, 6.45) is 2.99. The molecule has 0 aromatic rings. The van der Waals surface area contributed by atoms with Gasteiger partial charge in [-0.2, -0.15) is 0 Å². The zero-order valence-electron chi connectivity index (χ0n) is 10.3. The standard InChI is InChI=1S/C12H24N2O/c1-4-13-11(10(2)3)9-14-8-6-5-7-12(14)15/h10-11,13H,4-9H2,1-3H3. The first-order valence-electron chi connectivity index (χ1n) is 6.16. The summed E-state index contributed by atoms with van der Waals surface area (Å²) < 4.78 is 0. The van der Waals surface area contributed by atoms with Crippen LogP contribution in [0.4, 0.5) is 0 Å². The number of nitrogens with one attached hydrogen (secondary N) is 1. The Morgan fingerprint density at radius 2 is 2.13 bits per heavy atom. The molecule has 0 saturated carbocycles. The number of hydrogen-bond donors (Lipinski definition) is 1. The van der Waals surface area contributed by atoms with Crippen molar-refractivity contribution in [1.82, 2.24) is 10.2 Å². The molecule has 0 aromatic heterocycles. The molecule has 1 aliphatic rings. The molecule has 1 amide bonds. The molecule has 1 unspecified atom stereocenters. The van der Waals surface area contributed by atoms with Crippen molar-refractivity contribution in [2.75, 3.05) is 19.6 Å². The van der Waals surface area contributed by atoms with E-state index in [1.165, 1.54) is 6.42 Å². The summed E-state index contributed by atoms with van der Waals surface area (Å²) in [5, 5.41) is 3.46. The van der Waals surface area contributed by atoms with Crippen LogP contribution >= 0.6 is 0 Å². The minimum absolute atomic E-state index is 0.338. The number of hydrogen-bond acceptors (Lipinski definition) is 2. The smallest absolute Gasteiger partial charge is 0.222 e. The van der Waals surface area contributed by atoms with Crippen LogP contribution in [0.5, 0.6) is 0 Å². The van der Waals surface area contributed by atoms with Gasteiger partial charge in [-0.15, -0.1) is 0 Å². The Labute approximate surface area is 93.2 Å². The average Bonchev–Trinajstić information content (AvgIpc) is 2.20. The van der Waals surface area contributed by atoms with E-state index < -0.39 is 0 Å². The summed E-state index contributed by atoms with van der Waals surface area (Å²) in [4.78, 5) is 13.7. The third-order valence-corrected chi connectivity index (χ3v) is 3.11. The summed E-state index contributed by atoms with van der Waals surface area (Å²) >= 11 is 0. The quantitative estimate of drug-likeness (QED) is 0.751. The maximum atomic E-state index is 11.7. The first kappa shape index (κ1) is 12.5. The highest BCUT2D eigenvalue weighted by atomic mass is 16.2. The monoisotopic (exact) mass is 212 g/mol. The molecule has 0 bridgehead atoms. The Bertz CT molecular complexity index is 204. The molecule has 1 fully saturated rings. The fraction of sp³-hybridized carbons (Fsp3) is 0.917. The van der Waals surface area contributed by atoms with E-state index in [4.69, 9.17) is 0 Å². The van der Waals surface area contributed by atoms with Crippen molar-refractivity contribution in [2.45, 2.75) is 46.1 Å². The second kappa shape index (κ2) is 6.11. The molecule has 1 aliphatic heterocycles. The minimum atomic E-state index is 0.338. The maximum absolute atomic E-state index is 11.7. The van der Waals surface area contributed by atoms with E-state index >= 15 is 0 Å². The number of likely N-dealkylation sites (N-methyl/N-ethyl adjacent to an activating group) is 1. The molecule has 3 heteroatoms. The van der Waals surface area contributed by atoms with Crippen LogP contribution in [0.1, 0.15) is 40.0 Å². The molecule has 0 aromatic carbocycles. The van der Waals surface area contributed by atoms with E-state index in [2.05, 4.69) is 26.1 Å².